The van der Waals surface area contributed by atoms with Gasteiger partial charge in [0.25, 0.3) is 0 Å². The summed E-state index contributed by atoms with van der Waals surface area (Å²) in [5, 5.41) is 19.8. The fraction of sp³-hybridized carbons (Fsp3) is 0.368. The molecule has 1 aliphatic heterocycles. The number of phenols is 1. The first-order valence-corrected chi connectivity index (χ1v) is 8.26. The molecule has 2 aromatic rings. The lowest BCUT2D eigenvalue weighted by Gasteiger charge is -2.35. The molecular weight excluding hydrogens is 307 g/mol. The standard InChI is InChI=1S/C19H23FN2O2/c20-17-5-2-4-16(12-17)19(24)14-22-9-7-21(8-10-22)13-15-3-1-6-18(23)11-15/h1-6,11-12,19,23-24H,7-10,13-14H2/t19-/m1/s1. The topological polar surface area (TPSA) is 46.9 Å². The van der Waals surface area contributed by atoms with Gasteiger partial charge in [0.2, 0.25) is 0 Å². The van der Waals surface area contributed by atoms with Crippen LogP contribution in [0.1, 0.15) is 17.2 Å². The second kappa shape index (κ2) is 7.75. The highest BCUT2D eigenvalue weighted by Crippen LogP contribution is 2.18. The summed E-state index contributed by atoms with van der Waals surface area (Å²) in [5.74, 6) is -0.0214. The van der Waals surface area contributed by atoms with Crippen molar-refractivity contribution in [2.45, 2.75) is 12.6 Å². The van der Waals surface area contributed by atoms with Crippen molar-refractivity contribution in [3.63, 3.8) is 0 Å². The van der Waals surface area contributed by atoms with E-state index in [9.17, 15) is 14.6 Å². The number of hydrogen-bond acceptors (Lipinski definition) is 4. The molecule has 0 radical (unpaired) electrons. The molecule has 1 saturated heterocycles. The van der Waals surface area contributed by atoms with E-state index in [1.165, 1.54) is 12.1 Å². The molecule has 1 fully saturated rings. The van der Waals surface area contributed by atoms with Crippen molar-refractivity contribution in [1.29, 1.82) is 0 Å². The summed E-state index contributed by atoms with van der Waals surface area (Å²) in [7, 11) is 0. The van der Waals surface area contributed by atoms with E-state index >= 15 is 0 Å². The van der Waals surface area contributed by atoms with E-state index in [0.717, 1.165) is 38.3 Å². The molecule has 1 atom stereocenters. The summed E-state index contributed by atoms with van der Waals surface area (Å²) in [6, 6.07) is 13.5. The van der Waals surface area contributed by atoms with Gasteiger partial charge in [-0.2, -0.15) is 0 Å². The molecule has 1 aliphatic rings. The first-order chi connectivity index (χ1) is 11.6. The quantitative estimate of drug-likeness (QED) is 0.884. The molecule has 5 heteroatoms. The van der Waals surface area contributed by atoms with E-state index in [4.69, 9.17) is 0 Å². The fourth-order valence-electron chi connectivity index (χ4n) is 3.11. The number of hydrogen-bond donors (Lipinski definition) is 2. The van der Waals surface area contributed by atoms with Crippen LogP contribution in [0.2, 0.25) is 0 Å². The van der Waals surface area contributed by atoms with Crippen LogP contribution in [0.5, 0.6) is 5.75 Å². The zero-order chi connectivity index (χ0) is 16.9. The summed E-state index contributed by atoms with van der Waals surface area (Å²) in [5.41, 5.74) is 1.72. The number of aliphatic hydroxyl groups excluding tert-OH is 1. The molecule has 1 heterocycles. The molecule has 0 spiro atoms. The van der Waals surface area contributed by atoms with E-state index in [2.05, 4.69) is 9.80 Å². The summed E-state index contributed by atoms with van der Waals surface area (Å²) < 4.78 is 13.2. The van der Waals surface area contributed by atoms with Crippen LogP contribution in [-0.2, 0) is 6.54 Å². The maximum atomic E-state index is 13.2. The number of β-amino-alcohol motifs (C(OH)–C–C–N with tert-alkyl or cyclic N) is 1. The minimum absolute atomic E-state index is 0.296. The van der Waals surface area contributed by atoms with Crippen LogP contribution < -0.4 is 0 Å². The van der Waals surface area contributed by atoms with Gasteiger partial charge in [-0.05, 0) is 35.4 Å². The van der Waals surface area contributed by atoms with E-state index in [-0.39, 0.29) is 5.82 Å². The van der Waals surface area contributed by atoms with E-state index in [0.29, 0.717) is 17.9 Å². The van der Waals surface area contributed by atoms with Gasteiger partial charge in [-0.15, -0.1) is 0 Å². The molecule has 2 aromatic carbocycles. The molecule has 0 aliphatic carbocycles. The third-order valence-electron chi connectivity index (χ3n) is 4.45. The van der Waals surface area contributed by atoms with Crippen molar-refractivity contribution < 1.29 is 14.6 Å². The van der Waals surface area contributed by atoms with Gasteiger partial charge in [-0.25, -0.2) is 4.39 Å². The normalized spacial score (nSPS) is 17.8. The van der Waals surface area contributed by atoms with E-state index in [1.807, 2.05) is 12.1 Å². The molecule has 0 aromatic heterocycles. The van der Waals surface area contributed by atoms with Crippen LogP contribution in [-0.4, -0.2) is 52.7 Å². The third kappa shape index (κ3) is 4.54. The molecule has 0 amide bonds. The molecule has 128 valence electrons. The summed E-state index contributed by atoms with van der Waals surface area (Å²) in [6.45, 7) is 4.88. The lowest BCUT2D eigenvalue weighted by atomic mass is 10.1. The Hall–Kier alpha value is -1.95. The van der Waals surface area contributed by atoms with Gasteiger partial charge in [0.15, 0.2) is 0 Å². The van der Waals surface area contributed by atoms with Crippen molar-refractivity contribution in [1.82, 2.24) is 9.80 Å². The summed E-state index contributed by atoms with van der Waals surface area (Å²) >= 11 is 0. The molecule has 0 unspecified atom stereocenters. The maximum Gasteiger partial charge on any atom is 0.123 e. The fourth-order valence-corrected chi connectivity index (χ4v) is 3.11. The van der Waals surface area contributed by atoms with Crippen LogP contribution in [0.3, 0.4) is 0 Å². The van der Waals surface area contributed by atoms with Crippen LogP contribution >= 0.6 is 0 Å². The molecule has 2 N–H and O–H groups in total. The summed E-state index contributed by atoms with van der Waals surface area (Å²) in [6.07, 6.45) is -0.668. The second-order valence-electron chi connectivity index (χ2n) is 6.32. The lowest BCUT2D eigenvalue weighted by Crippen LogP contribution is -2.47. The van der Waals surface area contributed by atoms with Crippen molar-refractivity contribution in [3.8, 4) is 5.75 Å². The van der Waals surface area contributed by atoms with E-state index < -0.39 is 6.10 Å². The van der Waals surface area contributed by atoms with Gasteiger partial charge in [0, 0.05) is 39.3 Å². The van der Waals surface area contributed by atoms with E-state index in [1.54, 1.807) is 24.3 Å². The Morgan fingerprint density at radius 3 is 2.38 bits per heavy atom. The lowest BCUT2D eigenvalue weighted by molar-refractivity contribution is 0.0699. The number of benzene rings is 2. The average Bonchev–Trinajstić information content (AvgIpc) is 2.57. The smallest absolute Gasteiger partial charge is 0.123 e. The maximum absolute atomic E-state index is 13.2. The molecule has 3 rings (SSSR count). The number of aromatic hydroxyl groups is 1. The van der Waals surface area contributed by atoms with Crippen molar-refractivity contribution in [3.05, 3.63) is 65.5 Å². The zero-order valence-corrected chi connectivity index (χ0v) is 13.6. The van der Waals surface area contributed by atoms with Crippen molar-refractivity contribution in [2.75, 3.05) is 32.7 Å². The highest BCUT2D eigenvalue weighted by molar-refractivity contribution is 5.27. The highest BCUT2D eigenvalue weighted by atomic mass is 19.1. The molecule has 0 saturated carbocycles. The Kier molecular flexibility index (Phi) is 5.45. The monoisotopic (exact) mass is 330 g/mol. The van der Waals surface area contributed by atoms with Gasteiger partial charge in [0.1, 0.15) is 11.6 Å². The Labute approximate surface area is 141 Å². The number of nitrogens with zero attached hydrogens (tertiary/aromatic N) is 2. The third-order valence-corrected chi connectivity index (χ3v) is 4.45. The molecular formula is C19H23FN2O2. The highest BCUT2D eigenvalue weighted by Gasteiger charge is 2.20. The van der Waals surface area contributed by atoms with Crippen molar-refractivity contribution >= 4 is 0 Å². The van der Waals surface area contributed by atoms with Gasteiger partial charge >= 0.3 is 0 Å². The largest absolute Gasteiger partial charge is 0.508 e. The minimum Gasteiger partial charge on any atom is -0.508 e. The first-order valence-electron chi connectivity index (χ1n) is 8.26. The number of piperazine rings is 1. The van der Waals surface area contributed by atoms with Crippen molar-refractivity contribution in [2.24, 2.45) is 0 Å². The van der Waals surface area contributed by atoms with Crippen LogP contribution in [0.4, 0.5) is 4.39 Å². The second-order valence-corrected chi connectivity index (χ2v) is 6.32. The predicted molar refractivity (Wildman–Crippen MR) is 91.2 cm³/mol. The number of halogens is 1. The van der Waals surface area contributed by atoms with Crippen LogP contribution in [0.25, 0.3) is 0 Å². The summed E-state index contributed by atoms with van der Waals surface area (Å²) in [4.78, 5) is 4.54. The SMILES string of the molecule is Oc1cccc(CN2CCN(C[C@@H](O)c3cccc(F)c3)CC2)c1. The number of phenolic OH excluding ortho intramolecular Hbond substituents is 1. The Bertz CT molecular complexity index is 672. The number of rotatable bonds is 5. The molecule has 4 nitrogen and oxygen atoms in total. The number of aliphatic hydroxyl groups is 1. The Balaban J connectivity index is 1.48. The molecule has 24 heavy (non-hydrogen) atoms. The van der Waals surface area contributed by atoms with Crippen LogP contribution in [0.15, 0.2) is 48.5 Å². The molecule has 0 bridgehead atoms. The van der Waals surface area contributed by atoms with Crippen LogP contribution in [0, 0.1) is 5.82 Å². The predicted octanol–water partition coefficient (Wildman–Crippen LogP) is 2.38. The minimum atomic E-state index is -0.668. The Morgan fingerprint density at radius 2 is 1.67 bits per heavy atom. The zero-order valence-electron chi connectivity index (χ0n) is 13.6. The first kappa shape index (κ1) is 16.9. The van der Waals surface area contributed by atoms with Gasteiger partial charge in [0.05, 0.1) is 6.10 Å². The van der Waals surface area contributed by atoms with Gasteiger partial charge in [-0.3, -0.25) is 9.80 Å². The Morgan fingerprint density at radius 1 is 0.958 bits per heavy atom. The van der Waals surface area contributed by atoms with Gasteiger partial charge < -0.3 is 10.2 Å². The van der Waals surface area contributed by atoms with Gasteiger partial charge in [-0.1, -0.05) is 24.3 Å². The average molecular weight is 330 g/mol.